The summed E-state index contributed by atoms with van der Waals surface area (Å²) in [5.74, 6) is -0.781. The Bertz CT molecular complexity index is 1720. The molecule has 0 spiro atoms. The molecule has 3 aromatic carbocycles. The van der Waals surface area contributed by atoms with Crippen molar-refractivity contribution in [2.24, 2.45) is 17.6 Å². The summed E-state index contributed by atoms with van der Waals surface area (Å²) < 4.78 is 14.7. The van der Waals surface area contributed by atoms with Crippen molar-refractivity contribution in [2.45, 2.75) is 57.0 Å². The molecule has 1 saturated heterocycles. The van der Waals surface area contributed by atoms with Crippen molar-refractivity contribution in [3.05, 3.63) is 83.7 Å². The number of halogens is 1. The van der Waals surface area contributed by atoms with E-state index >= 15 is 0 Å². The molecule has 1 aliphatic heterocycles. The number of piperidine rings is 1. The molecule has 1 aromatic heterocycles. The van der Waals surface area contributed by atoms with E-state index in [1.165, 1.54) is 6.07 Å². The van der Waals surface area contributed by atoms with Gasteiger partial charge in [-0.25, -0.2) is 4.39 Å². The quantitative estimate of drug-likeness (QED) is 0.140. The summed E-state index contributed by atoms with van der Waals surface area (Å²) in [6, 6.07) is 18.3. The van der Waals surface area contributed by atoms with Crippen LogP contribution >= 0.6 is 0 Å². The van der Waals surface area contributed by atoms with Crippen LogP contribution < -0.4 is 27.0 Å². The minimum atomic E-state index is -0.835. The fourth-order valence-corrected chi connectivity index (χ4v) is 6.55. The molecule has 12 nitrogen and oxygen atoms in total. The zero-order chi connectivity index (χ0) is 34.2. The van der Waals surface area contributed by atoms with Crippen LogP contribution in [0.15, 0.2) is 66.7 Å². The third kappa shape index (κ3) is 8.72. The number of nitrogens with one attached hydrogen (secondary N) is 5. The molecule has 256 valence electrons. The van der Waals surface area contributed by atoms with E-state index in [-0.39, 0.29) is 35.8 Å². The second-order valence-electron chi connectivity index (χ2n) is 12.9. The van der Waals surface area contributed by atoms with Gasteiger partial charge < -0.3 is 27.0 Å². The molecule has 0 radical (unpaired) electrons. The summed E-state index contributed by atoms with van der Waals surface area (Å²) in [5.41, 5.74) is 9.47. The monoisotopic (exact) mass is 667 g/mol. The lowest BCUT2D eigenvalue weighted by Crippen LogP contribution is -2.48. The lowest BCUT2D eigenvalue weighted by Gasteiger charge is -2.28. The first-order valence-corrected chi connectivity index (χ1v) is 16.9. The van der Waals surface area contributed by atoms with E-state index in [0.29, 0.717) is 29.5 Å². The molecule has 3 amide bonds. The standard InChI is InChI=1S/C36H42FN9O3/c37-31-14-11-27(20-30(31)35(48)40-29-15-17-39-18-16-29)24-5-1-22(2-6-24)19-32(42-34(47)26-7-3-23(21-38)4-8-26)36(49)41-28-12-9-25(10-13-28)33-43-45-46-44-33/h1-2,5-6,9-14,20,23,26,29,32,39H,3-4,7-8,15-19,21,38H2,(H,40,48)(H,41,49)(H,42,47)(H,43,44,45,46)/t23?,26?,32-/m0/s1. The molecule has 1 saturated carbocycles. The molecule has 0 bridgehead atoms. The van der Waals surface area contributed by atoms with Gasteiger partial charge in [-0.05, 0) is 122 Å². The number of aromatic amines is 1. The Balaban J connectivity index is 1.15. The third-order valence-corrected chi connectivity index (χ3v) is 9.55. The number of nitrogens with zero attached hydrogens (tertiary/aromatic N) is 3. The molecular formula is C36H42FN9O3. The molecule has 0 unspecified atom stereocenters. The van der Waals surface area contributed by atoms with Crippen LogP contribution in [-0.4, -0.2) is 70.1 Å². The van der Waals surface area contributed by atoms with Crippen molar-refractivity contribution < 1.29 is 18.8 Å². The number of aromatic nitrogens is 4. The highest BCUT2D eigenvalue weighted by atomic mass is 19.1. The Hall–Kier alpha value is -5.01. The molecule has 1 atom stereocenters. The van der Waals surface area contributed by atoms with Gasteiger partial charge in [0.05, 0.1) is 5.56 Å². The van der Waals surface area contributed by atoms with E-state index in [1.807, 2.05) is 24.3 Å². The summed E-state index contributed by atoms with van der Waals surface area (Å²) in [6.45, 7) is 2.25. The van der Waals surface area contributed by atoms with Crippen molar-refractivity contribution in [3.8, 4) is 22.5 Å². The van der Waals surface area contributed by atoms with Crippen molar-refractivity contribution in [1.82, 2.24) is 36.6 Å². The van der Waals surface area contributed by atoms with Gasteiger partial charge in [-0.15, -0.1) is 10.2 Å². The van der Waals surface area contributed by atoms with Crippen LogP contribution in [0.4, 0.5) is 10.1 Å². The summed E-state index contributed by atoms with van der Waals surface area (Å²) in [4.78, 5) is 40.0. The number of anilines is 1. The zero-order valence-corrected chi connectivity index (χ0v) is 27.3. The van der Waals surface area contributed by atoms with Crippen LogP contribution in [0.5, 0.6) is 0 Å². The maximum absolute atomic E-state index is 14.7. The van der Waals surface area contributed by atoms with Gasteiger partial charge in [0.2, 0.25) is 17.6 Å². The molecule has 2 aliphatic rings. The van der Waals surface area contributed by atoms with Gasteiger partial charge >= 0.3 is 0 Å². The molecular weight excluding hydrogens is 625 g/mol. The molecule has 49 heavy (non-hydrogen) atoms. The van der Waals surface area contributed by atoms with Crippen molar-refractivity contribution in [2.75, 3.05) is 25.0 Å². The van der Waals surface area contributed by atoms with Gasteiger partial charge in [-0.2, -0.15) is 5.21 Å². The van der Waals surface area contributed by atoms with Crippen molar-refractivity contribution in [1.29, 1.82) is 0 Å². The number of benzene rings is 3. The minimum Gasteiger partial charge on any atom is -0.349 e. The van der Waals surface area contributed by atoms with E-state index in [2.05, 4.69) is 41.9 Å². The van der Waals surface area contributed by atoms with Gasteiger partial charge in [0.15, 0.2) is 0 Å². The minimum absolute atomic E-state index is 0.00498. The van der Waals surface area contributed by atoms with Crippen molar-refractivity contribution >= 4 is 23.4 Å². The highest BCUT2D eigenvalue weighted by Gasteiger charge is 2.29. The van der Waals surface area contributed by atoms with E-state index in [4.69, 9.17) is 5.73 Å². The summed E-state index contributed by atoms with van der Waals surface area (Å²) in [7, 11) is 0. The van der Waals surface area contributed by atoms with Crippen LogP contribution in [0.3, 0.4) is 0 Å². The molecule has 2 fully saturated rings. The fraction of sp³-hybridized carbons (Fsp3) is 0.389. The molecule has 4 aromatic rings. The largest absolute Gasteiger partial charge is 0.349 e. The maximum Gasteiger partial charge on any atom is 0.254 e. The van der Waals surface area contributed by atoms with Gasteiger partial charge in [0.25, 0.3) is 5.91 Å². The Morgan fingerprint density at radius 3 is 2.24 bits per heavy atom. The SMILES string of the molecule is NCC1CCC(C(=O)N[C@@H](Cc2ccc(-c3ccc(F)c(C(=O)NC4CCNCC4)c3)cc2)C(=O)Nc2ccc(-c3nn[nH]n3)cc2)CC1. The van der Waals surface area contributed by atoms with E-state index < -0.39 is 17.8 Å². The van der Waals surface area contributed by atoms with Crippen LogP contribution in [-0.2, 0) is 16.0 Å². The summed E-state index contributed by atoms with van der Waals surface area (Å²) in [5, 5.41) is 26.1. The van der Waals surface area contributed by atoms with Crippen LogP contribution in [0.1, 0.15) is 54.4 Å². The Kier molecular flexibility index (Phi) is 11.0. The van der Waals surface area contributed by atoms with Gasteiger partial charge in [0.1, 0.15) is 11.9 Å². The Morgan fingerprint density at radius 2 is 1.57 bits per heavy atom. The lowest BCUT2D eigenvalue weighted by molar-refractivity contribution is -0.130. The fourth-order valence-electron chi connectivity index (χ4n) is 6.55. The van der Waals surface area contributed by atoms with Crippen LogP contribution in [0.2, 0.25) is 0 Å². The van der Waals surface area contributed by atoms with Crippen molar-refractivity contribution in [3.63, 3.8) is 0 Å². The van der Waals surface area contributed by atoms with Gasteiger partial charge in [0, 0.05) is 29.6 Å². The average molecular weight is 668 g/mol. The number of hydrogen-bond acceptors (Lipinski definition) is 8. The van der Waals surface area contributed by atoms with E-state index in [0.717, 1.165) is 68.3 Å². The van der Waals surface area contributed by atoms with Crippen LogP contribution in [0, 0.1) is 17.7 Å². The Labute approximate surface area is 284 Å². The second-order valence-corrected chi connectivity index (χ2v) is 12.9. The molecule has 13 heteroatoms. The second kappa shape index (κ2) is 15.9. The number of rotatable bonds is 11. The first-order valence-electron chi connectivity index (χ1n) is 16.9. The lowest BCUT2D eigenvalue weighted by atomic mass is 9.81. The predicted molar refractivity (Wildman–Crippen MR) is 184 cm³/mol. The predicted octanol–water partition coefficient (Wildman–Crippen LogP) is 3.59. The normalized spacial score (nSPS) is 18.7. The third-order valence-electron chi connectivity index (χ3n) is 9.55. The highest BCUT2D eigenvalue weighted by Crippen LogP contribution is 2.29. The topological polar surface area (TPSA) is 180 Å². The van der Waals surface area contributed by atoms with E-state index in [1.54, 1.807) is 36.4 Å². The number of carbonyl (C=O) groups is 3. The highest BCUT2D eigenvalue weighted by molar-refractivity contribution is 5.98. The molecule has 1 aliphatic carbocycles. The number of nitrogens with two attached hydrogens (primary N) is 1. The van der Waals surface area contributed by atoms with Gasteiger partial charge in [-0.1, -0.05) is 30.3 Å². The number of amides is 3. The van der Waals surface area contributed by atoms with E-state index in [9.17, 15) is 18.8 Å². The van der Waals surface area contributed by atoms with Gasteiger partial charge in [-0.3, -0.25) is 14.4 Å². The number of hydrogen-bond donors (Lipinski definition) is 6. The number of carbonyl (C=O) groups excluding carboxylic acids is 3. The molecule has 2 heterocycles. The number of H-pyrrole nitrogens is 1. The smallest absolute Gasteiger partial charge is 0.254 e. The first-order chi connectivity index (χ1) is 23.9. The molecule has 7 N–H and O–H groups in total. The summed E-state index contributed by atoms with van der Waals surface area (Å²) in [6.07, 6.45) is 5.13. The average Bonchev–Trinajstić information content (AvgIpc) is 3.68. The van der Waals surface area contributed by atoms with Crippen LogP contribution in [0.25, 0.3) is 22.5 Å². The molecule has 6 rings (SSSR count). The first kappa shape index (κ1) is 33.9. The maximum atomic E-state index is 14.7. The zero-order valence-electron chi connectivity index (χ0n) is 27.3. The summed E-state index contributed by atoms with van der Waals surface area (Å²) >= 11 is 0. The number of tetrazole rings is 1. The Morgan fingerprint density at radius 1 is 0.878 bits per heavy atom.